The van der Waals surface area contributed by atoms with Gasteiger partial charge in [-0.05, 0) is 27.7 Å². The quantitative estimate of drug-likeness (QED) is 0.569. The molecular weight excluding hydrogens is 190 g/mol. The smallest absolute Gasteiger partial charge is 0.182 e. The molecule has 5 heteroatoms. The van der Waals surface area contributed by atoms with Gasteiger partial charge in [-0.2, -0.15) is 5.26 Å². The standard InChI is InChI=1S/C10H15N5/c1-7-13-8(12-6-11)5-9(14-7)15-10(2,3)4/h5H,1-4H3,(H2,12,13,14,15). The van der Waals surface area contributed by atoms with E-state index >= 15 is 0 Å². The lowest BCUT2D eigenvalue weighted by Gasteiger charge is -2.21. The first-order valence-corrected chi connectivity index (χ1v) is 4.70. The third-order valence-corrected chi connectivity index (χ3v) is 1.52. The Bertz CT molecular complexity index is 386. The number of rotatable bonds is 2. The molecule has 0 aliphatic rings. The first-order chi connectivity index (χ1) is 6.90. The van der Waals surface area contributed by atoms with Crippen LogP contribution in [0, 0.1) is 18.4 Å². The van der Waals surface area contributed by atoms with Gasteiger partial charge in [-0.1, -0.05) is 0 Å². The Morgan fingerprint density at radius 1 is 1.27 bits per heavy atom. The predicted molar refractivity (Wildman–Crippen MR) is 59.4 cm³/mol. The minimum atomic E-state index is -0.0648. The Hall–Kier alpha value is -1.83. The lowest BCUT2D eigenvalue weighted by molar-refractivity contribution is 0.629. The largest absolute Gasteiger partial charge is 0.365 e. The molecule has 0 fully saturated rings. The SMILES string of the molecule is Cc1nc(NC#N)cc(NC(C)(C)C)n1. The molecule has 0 radical (unpaired) electrons. The van der Waals surface area contributed by atoms with Gasteiger partial charge in [0.15, 0.2) is 6.19 Å². The second-order valence-electron chi connectivity index (χ2n) is 4.30. The van der Waals surface area contributed by atoms with Gasteiger partial charge >= 0.3 is 0 Å². The summed E-state index contributed by atoms with van der Waals surface area (Å²) < 4.78 is 0. The second kappa shape index (κ2) is 4.13. The van der Waals surface area contributed by atoms with E-state index in [9.17, 15) is 0 Å². The van der Waals surface area contributed by atoms with E-state index in [2.05, 4.69) is 20.6 Å². The summed E-state index contributed by atoms with van der Waals surface area (Å²) in [6, 6.07) is 1.71. The third kappa shape index (κ3) is 3.81. The van der Waals surface area contributed by atoms with Gasteiger partial charge in [-0.3, -0.25) is 5.32 Å². The topological polar surface area (TPSA) is 73.6 Å². The van der Waals surface area contributed by atoms with Gasteiger partial charge in [-0.25, -0.2) is 9.97 Å². The molecule has 2 N–H and O–H groups in total. The molecule has 0 saturated heterocycles. The molecule has 1 heterocycles. The predicted octanol–water partition coefficient (Wildman–Crippen LogP) is 1.89. The summed E-state index contributed by atoms with van der Waals surface area (Å²) in [6.07, 6.45) is 1.83. The molecule has 0 spiro atoms. The van der Waals surface area contributed by atoms with Gasteiger partial charge in [0.25, 0.3) is 0 Å². The van der Waals surface area contributed by atoms with Gasteiger partial charge < -0.3 is 5.32 Å². The molecule has 1 aromatic rings. The minimum Gasteiger partial charge on any atom is -0.365 e. The Kier molecular flexibility index (Phi) is 3.10. The van der Waals surface area contributed by atoms with Crippen molar-refractivity contribution in [2.24, 2.45) is 0 Å². The van der Waals surface area contributed by atoms with Crippen LogP contribution >= 0.6 is 0 Å². The number of anilines is 2. The van der Waals surface area contributed by atoms with Gasteiger partial charge in [0.1, 0.15) is 17.5 Å². The highest BCUT2D eigenvalue weighted by Gasteiger charge is 2.11. The molecule has 0 bridgehead atoms. The normalized spacial score (nSPS) is 10.6. The molecule has 0 amide bonds. The molecule has 0 aliphatic carbocycles. The number of hydrogen-bond acceptors (Lipinski definition) is 5. The van der Waals surface area contributed by atoms with Crippen LogP contribution in [0.4, 0.5) is 11.6 Å². The second-order valence-corrected chi connectivity index (χ2v) is 4.30. The fraction of sp³-hybridized carbons (Fsp3) is 0.500. The van der Waals surface area contributed by atoms with E-state index in [1.807, 2.05) is 27.0 Å². The van der Waals surface area contributed by atoms with Gasteiger partial charge in [-0.15, -0.1) is 0 Å². The first kappa shape index (κ1) is 11.2. The fourth-order valence-electron chi connectivity index (χ4n) is 1.14. The van der Waals surface area contributed by atoms with Crippen LogP contribution in [0.5, 0.6) is 0 Å². The molecule has 5 nitrogen and oxygen atoms in total. The van der Waals surface area contributed by atoms with Crippen molar-refractivity contribution in [1.82, 2.24) is 9.97 Å². The van der Waals surface area contributed by atoms with Crippen LogP contribution in [-0.4, -0.2) is 15.5 Å². The molecule has 1 aromatic heterocycles. The van der Waals surface area contributed by atoms with Gasteiger partial charge in [0, 0.05) is 11.6 Å². The average Bonchev–Trinajstić information content (AvgIpc) is 1.99. The van der Waals surface area contributed by atoms with E-state index in [1.165, 1.54) is 0 Å². The van der Waals surface area contributed by atoms with Crippen molar-refractivity contribution in [3.05, 3.63) is 11.9 Å². The van der Waals surface area contributed by atoms with E-state index < -0.39 is 0 Å². The maximum Gasteiger partial charge on any atom is 0.182 e. The van der Waals surface area contributed by atoms with Crippen molar-refractivity contribution in [3.8, 4) is 6.19 Å². The number of aryl methyl sites for hydroxylation is 1. The number of nitrogens with one attached hydrogen (secondary N) is 2. The molecule has 0 aliphatic heterocycles. The van der Waals surface area contributed by atoms with Crippen LogP contribution in [-0.2, 0) is 0 Å². The summed E-state index contributed by atoms with van der Waals surface area (Å²) in [5.74, 6) is 1.85. The number of nitrogens with zero attached hydrogens (tertiary/aromatic N) is 3. The summed E-state index contributed by atoms with van der Waals surface area (Å²) in [7, 11) is 0. The summed E-state index contributed by atoms with van der Waals surface area (Å²) in [4.78, 5) is 8.30. The molecule has 0 unspecified atom stereocenters. The van der Waals surface area contributed by atoms with Crippen LogP contribution in [0.3, 0.4) is 0 Å². The van der Waals surface area contributed by atoms with Gasteiger partial charge in [0.05, 0.1) is 0 Å². The van der Waals surface area contributed by atoms with Crippen LogP contribution in [0.1, 0.15) is 26.6 Å². The summed E-state index contributed by atoms with van der Waals surface area (Å²) in [6.45, 7) is 7.92. The maximum absolute atomic E-state index is 8.49. The van der Waals surface area contributed by atoms with E-state index in [1.54, 1.807) is 13.0 Å². The molecule has 0 atom stereocenters. The highest BCUT2D eigenvalue weighted by atomic mass is 15.1. The Morgan fingerprint density at radius 3 is 2.40 bits per heavy atom. The highest BCUT2D eigenvalue weighted by molar-refractivity contribution is 5.50. The lowest BCUT2D eigenvalue weighted by Crippen LogP contribution is -2.26. The zero-order valence-electron chi connectivity index (χ0n) is 9.42. The minimum absolute atomic E-state index is 0.0648. The molecule has 0 aromatic carbocycles. The van der Waals surface area contributed by atoms with E-state index in [-0.39, 0.29) is 5.54 Å². The van der Waals surface area contributed by atoms with Gasteiger partial charge in [0.2, 0.25) is 0 Å². The van der Waals surface area contributed by atoms with Crippen molar-refractivity contribution in [1.29, 1.82) is 5.26 Å². The first-order valence-electron chi connectivity index (χ1n) is 4.70. The number of hydrogen-bond donors (Lipinski definition) is 2. The van der Waals surface area contributed by atoms with Crippen LogP contribution in [0.2, 0.25) is 0 Å². The number of aromatic nitrogens is 2. The molecular formula is C10H15N5. The van der Waals surface area contributed by atoms with Crippen LogP contribution in [0.25, 0.3) is 0 Å². The maximum atomic E-state index is 8.49. The monoisotopic (exact) mass is 205 g/mol. The average molecular weight is 205 g/mol. The Balaban J connectivity index is 2.95. The Morgan fingerprint density at radius 2 is 1.87 bits per heavy atom. The van der Waals surface area contributed by atoms with Crippen LogP contribution < -0.4 is 10.6 Å². The van der Waals surface area contributed by atoms with Crippen molar-refractivity contribution in [3.63, 3.8) is 0 Å². The molecule has 0 saturated carbocycles. The Labute approximate surface area is 89.6 Å². The lowest BCUT2D eigenvalue weighted by atomic mass is 10.1. The zero-order valence-corrected chi connectivity index (χ0v) is 9.42. The van der Waals surface area contributed by atoms with E-state index in [0.29, 0.717) is 17.5 Å². The summed E-state index contributed by atoms with van der Waals surface area (Å²) in [5, 5.41) is 14.2. The van der Waals surface area contributed by atoms with Crippen LogP contribution in [0.15, 0.2) is 6.07 Å². The summed E-state index contributed by atoms with van der Waals surface area (Å²) >= 11 is 0. The van der Waals surface area contributed by atoms with Crippen molar-refractivity contribution >= 4 is 11.6 Å². The van der Waals surface area contributed by atoms with E-state index in [4.69, 9.17) is 5.26 Å². The zero-order chi connectivity index (χ0) is 11.5. The number of nitriles is 1. The fourth-order valence-corrected chi connectivity index (χ4v) is 1.14. The highest BCUT2D eigenvalue weighted by Crippen LogP contribution is 2.15. The molecule has 1 rings (SSSR count). The van der Waals surface area contributed by atoms with E-state index in [0.717, 1.165) is 0 Å². The molecule has 80 valence electrons. The van der Waals surface area contributed by atoms with Crippen molar-refractivity contribution in [2.45, 2.75) is 33.2 Å². The van der Waals surface area contributed by atoms with Crippen molar-refractivity contribution < 1.29 is 0 Å². The molecule has 15 heavy (non-hydrogen) atoms. The third-order valence-electron chi connectivity index (χ3n) is 1.52. The van der Waals surface area contributed by atoms with Crippen molar-refractivity contribution in [2.75, 3.05) is 10.6 Å². The summed E-state index contributed by atoms with van der Waals surface area (Å²) in [5.41, 5.74) is -0.0648.